The Labute approximate surface area is 183 Å². The molecule has 2 aromatic rings. The van der Waals surface area contributed by atoms with Gasteiger partial charge in [-0.2, -0.15) is 0 Å². The molecule has 31 heavy (non-hydrogen) atoms. The van der Waals surface area contributed by atoms with Crippen molar-refractivity contribution in [1.82, 2.24) is 14.8 Å². The van der Waals surface area contributed by atoms with E-state index < -0.39 is 0 Å². The van der Waals surface area contributed by atoms with E-state index in [-0.39, 0.29) is 11.7 Å². The molecule has 4 heterocycles. The number of aromatic hydroxyl groups is 1. The topological polar surface area (TPSA) is 65.9 Å². The van der Waals surface area contributed by atoms with E-state index in [4.69, 9.17) is 4.74 Å². The van der Waals surface area contributed by atoms with Gasteiger partial charge in [-0.3, -0.25) is 14.7 Å². The molecule has 3 aliphatic rings. The third kappa shape index (κ3) is 3.89. The van der Waals surface area contributed by atoms with Crippen LogP contribution in [0.2, 0.25) is 0 Å². The largest absolute Gasteiger partial charge is 0.505 e. The summed E-state index contributed by atoms with van der Waals surface area (Å²) in [7, 11) is 1.71. The molecule has 0 saturated carbocycles. The number of methoxy groups -OCH3 is 1. The zero-order valence-corrected chi connectivity index (χ0v) is 18.1. The molecular formula is C25H31N3O3. The normalized spacial score (nSPS) is 28.1. The van der Waals surface area contributed by atoms with Crippen molar-refractivity contribution in [3.63, 3.8) is 0 Å². The molecule has 0 unspecified atom stereocenters. The Kier molecular flexibility index (Phi) is 5.57. The van der Waals surface area contributed by atoms with Gasteiger partial charge >= 0.3 is 0 Å². The molecule has 164 valence electrons. The lowest BCUT2D eigenvalue weighted by molar-refractivity contribution is -0.0642. The van der Waals surface area contributed by atoms with E-state index in [1.54, 1.807) is 19.4 Å². The summed E-state index contributed by atoms with van der Waals surface area (Å²) in [6.45, 7) is 2.69. The number of rotatable bonds is 4. The van der Waals surface area contributed by atoms with E-state index in [0.717, 1.165) is 31.8 Å². The lowest BCUT2D eigenvalue weighted by Gasteiger charge is -2.57. The molecule has 4 atom stereocenters. The van der Waals surface area contributed by atoms with Gasteiger partial charge in [0.25, 0.3) is 5.91 Å². The maximum absolute atomic E-state index is 13.3. The van der Waals surface area contributed by atoms with Crippen molar-refractivity contribution in [3.05, 3.63) is 53.9 Å². The number of pyridine rings is 1. The number of carbonyl (C=O) groups is 1. The Morgan fingerprint density at radius 3 is 2.94 bits per heavy atom. The number of hydrogen-bond acceptors (Lipinski definition) is 5. The molecule has 3 aliphatic heterocycles. The van der Waals surface area contributed by atoms with Crippen LogP contribution in [0.5, 0.6) is 11.5 Å². The minimum Gasteiger partial charge on any atom is -0.505 e. The highest BCUT2D eigenvalue weighted by molar-refractivity contribution is 5.96. The number of amides is 1. The van der Waals surface area contributed by atoms with Gasteiger partial charge in [-0.05, 0) is 67.8 Å². The van der Waals surface area contributed by atoms with Gasteiger partial charge in [0, 0.05) is 31.4 Å². The van der Waals surface area contributed by atoms with Crippen molar-refractivity contribution in [2.75, 3.05) is 26.7 Å². The average molecular weight is 422 g/mol. The monoisotopic (exact) mass is 421 g/mol. The molecule has 0 radical (unpaired) electrons. The van der Waals surface area contributed by atoms with Crippen molar-refractivity contribution in [1.29, 1.82) is 0 Å². The van der Waals surface area contributed by atoms with Gasteiger partial charge in [-0.15, -0.1) is 0 Å². The molecule has 1 amide bonds. The summed E-state index contributed by atoms with van der Waals surface area (Å²) in [5, 5.41) is 10.2. The van der Waals surface area contributed by atoms with Crippen molar-refractivity contribution in [2.24, 2.45) is 11.8 Å². The first-order valence-electron chi connectivity index (χ1n) is 11.4. The first-order valence-corrected chi connectivity index (χ1v) is 11.4. The van der Waals surface area contributed by atoms with Gasteiger partial charge in [0.1, 0.15) is 11.5 Å². The van der Waals surface area contributed by atoms with Gasteiger partial charge in [0.2, 0.25) is 0 Å². The Morgan fingerprint density at radius 1 is 1.23 bits per heavy atom. The maximum atomic E-state index is 13.3. The van der Waals surface area contributed by atoms with E-state index in [1.165, 1.54) is 37.4 Å². The van der Waals surface area contributed by atoms with Crippen LogP contribution in [-0.4, -0.2) is 64.6 Å². The molecule has 1 N–H and O–H groups in total. The van der Waals surface area contributed by atoms with Gasteiger partial charge in [-0.1, -0.05) is 18.6 Å². The second kappa shape index (κ2) is 8.50. The minimum atomic E-state index is -0.0704. The number of ether oxygens (including phenoxy) is 1. The fraction of sp³-hybridized carbons (Fsp3) is 0.520. The summed E-state index contributed by atoms with van der Waals surface area (Å²) >= 11 is 0. The summed E-state index contributed by atoms with van der Waals surface area (Å²) in [6, 6.07) is 11.0. The number of benzene rings is 1. The summed E-state index contributed by atoms with van der Waals surface area (Å²) in [6.07, 6.45) is 8.84. The van der Waals surface area contributed by atoms with Crippen molar-refractivity contribution >= 4 is 5.91 Å². The molecule has 3 saturated heterocycles. The van der Waals surface area contributed by atoms with Gasteiger partial charge in [0.05, 0.1) is 18.9 Å². The highest BCUT2D eigenvalue weighted by Gasteiger charge is 2.48. The van der Waals surface area contributed by atoms with Crippen LogP contribution < -0.4 is 4.74 Å². The quantitative estimate of drug-likeness (QED) is 0.820. The Balaban J connectivity index is 1.42. The van der Waals surface area contributed by atoms with Crippen LogP contribution in [0.1, 0.15) is 41.6 Å². The zero-order valence-electron chi connectivity index (χ0n) is 18.1. The van der Waals surface area contributed by atoms with E-state index in [9.17, 15) is 9.90 Å². The van der Waals surface area contributed by atoms with E-state index in [2.05, 4.69) is 28.1 Å². The molecule has 6 nitrogen and oxygen atoms in total. The molecule has 6 heteroatoms. The lowest BCUT2D eigenvalue weighted by Crippen LogP contribution is -2.64. The smallest absolute Gasteiger partial charge is 0.257 e. The van der Waals surface area contributed by atoms with Gasteiger partial charge < -0.3 is 14.7 Å². The lowest BCUT2D eigenvalue weighted by atomic mass is 9.71. The Morgan fingerprint density at radius 2 is 2.10 bits per heavy atom. The molecule has 5 rings (SSSR count). The van der Waals surface area contributed by atoms with Crippen LogP contribution in [0.3, 0.4) is 0 Å². The second-order valence-corrected chi connectivity index (χ2v) is 9.28. The standard InChI is InChI=1S/C25H31N3O3/c1-31-20-6-4-5-17(11-20)12-23-19-13-18(22-7-2-3-10-28(22)23)15-27(16-19)25(30)21-8-9-26-14-24(21)29/h4-6,8-9,11,14,18-19,22-23,29H,2-3,7,10,12-13,15-16H2,1H3/t18-,19+,22+,23+/m1/s1. The van der Waals surface area contributed by atoms with Crippen molar-refractivity contribution < 1.29 is 14.6 Å². The average Bonchev–Trinajstić information content (AvgIpc) is 2.81. The predicted molar refractivity (Wildman–Crippen MR) is 118 cm³/mol. The van der Waals surface area contributed by atoms with E-state index >= 15 is 0 Å². The number of nitrogens with zero attached hydrogens (tertiary/aromatic N) is 3. The third-order valence-electron chi connectivity index (χ3n) is 7.52. The number of aromatic nitrogens is 1. The van der Waals surface area contributed by atoms with Crippen LogP contribution in [0, 0.1) is 11.8 Å². The second-order valence-electron chi connectivity index (χ2n) is 9.28. The summed E-state index contributed by atoms with van der Waals surface area (Å²) in [5.41, 5.74) is 1.65. The van der Waals surface area contributed by atoms with Crippen molar-refractivity contribution in [3.8, 4) is 11.5 Å². The predicted octanol–water partition coefficient (Wildman–Crippen LogP) is 3.35. The molecule has 3 fully saturated rings. The summed E-state index contributed by atoms with van der Waals surface area (Å²) in [4.78, 5) is 21.9. The summed E-state index contributed by atoms with van der Waals surface area (Å²) in [5.74, 6) is 1.74. The third-order valence-corrected chi connectivity index (χ3v) is 7.52. The Hall–Kier alpha value is -2.60. The van der Waals surface area contributed by atoms with E-state index in [0.29, 0.717) is 29.5 Å². The highest BCUT2D eigenvalue weighted by Crippen LogP contribution is 2.42. The van der Waals surface area contributed by atoms with Gasteiger partial charge in [0.15, 0.2) is 0 Å². The number of hydrogen-bond donors (Lipinski definition) is 1. The number of likely N-dealkylation sites (tertiary alicyclic amines) is 1. The molecule has 0 spiro atoms. The molecule has 1 aromatic carbocycles. The van der Waals surface area contributed by atoms with Crippen LogP contribution in [0.4, 0.5) is 0 Å². The van der Waals surface area contributed by atoms with Crippen molar-refractivity contribution in [2.45, 2.75) is 44.2 Å². The number of fused-ring (bicyclic) bond motifs is 4. The molecule has 1 aromatic heterocycles. The maximum Gasteiger partial charge on any atom is 0.257 e. The molecular weight excluding hydrogens is 390 g/mol. The van der Waals surface area contributed by atoms with Crippen LogP contribution in [0.15, 0.2) is 42.7 Å². The van der Waals surface area contributed by atoms with Crippen LogP contribution >= 0.6 is 0 Å². The highest BCUT2D eigenvalue weighted by atomic mass is 16.5. The first kappa shape index (κ1) is 20.3. The number of piperidine rings is 3. The first-order chi connectivity index (χ1) is 15.1. The zero-order chi connectivity index (χ0) is 21.4. The number of carbonyl (C=O) groups excluding carboxylic acids is 1. The fourth-order valence-electron chi connectivity index (χ4n) is 6.13. The summed E-state index contributed by atoms with van der Waals surface area (Å²) < 4.78 is 5.45. The Bertz CT molecular complexity index is 949. The molecule has 0 aliphatic carbocycles. The van der Waals surface area contributed by atoms with Gasteiger partial charge in [-0.25, -0.2) is 0 Å². The van der Waals surface area contributed by atoms with E-state index in [1.807, 2.05) is 11.0 Å². The van der Waals surface area contributed by atoms with Crippen LogP contribution in [-0.2, 0) is 6.42 Å². The molecule has 2 bridgehead atoms. The minimum absolute atomic E-state index is 0.0320. The SMILES string of the molecule is COc1cccc(C[C@H]2[C@H]3C[C@H](CN(C(=O)c4ccncc4O)C3)[C@@H]3CCCCN32)c1. The fourth-order valence-corrected chi connectivity index (χ4v) is 6.13. The van der Waals surface area contributed by atoms with Crippen LogP contribution in [0.25, 0.3) is 0 Å².